The molecular weight excluding hydrogens is 697 g/mol. The van der Waals surface area contributed by atoms with Gasteiger partial charge < -0.3 is 29.8 Å². The zero-order chi connectivity index (χ0) is 38.4. The number of benzene rings is 3. The van der Waals surface area contributed by atoms with Crippen LogP contribution in [0.25, 0.3) is 11.1 Å². The van der Waals surface area contributed by atoms with Crippen molar-refractivity contribution in [3.63, 3.8) is 0 Å². The lowest BCUT2D eigenvalue weighted by atomic mass is 9.85. The number of carbonyl (C=O) groups is 4. The monoisotopic (exact) mass is 750 g/mol. The van der Waals surface area contributed by atoms with Crippen molar-refractivity contribution in [3.8, 4) is 0 Å². The third-order valence-corrected chi connectivity index (χ3v) is 11.0. The Labute approximate surface area is 323 Å². The second-order valence-electron chi connectivity index (χ2n) is 15.0. The summed E-state index contributed by atoms with van der Waals surface area (Å²) >= 11 is 0. The number of rotatable bonds is 19. The highest BCUT2D eigenvalue weighted by Gasteiger charge is 2.43. The standard InChI is InChI=1S/C44H54N4O7/c45-25-13-12-20-34(41(50)42-46-36-21-10-11-22-40(36)55-42)26-39(49)38-27-35(53-29-32-16-6-2-7-17-32)28-48(38)43(51)37(24-23-31-14-4-1-5-15-31)47-44(52)54-30-33-18-8-3-9-19-33/h2-3,6-11,16-19,21-22,31,34-35,37-38H,1,4-5,12-15,20,23-30,45H2,(H,47,52)/t34-,35-,37-,38+/m1/s1. The molecule has 11 heteroatoms. The van der Waals surface area contributed by atoms with Crippen LogP contribution in [0.5, 0.6) is 0 Å². The van der Waals surface area contributed by atoms with E-state index in [0.29, 0.717) is 55.9 Å². The molecule has 3 N–H and O–H groups in total. The van der Waals surface area contributed by atoms with E-state index in [1.807, 2.05) is 72.8 Å². The molecule has 1 saturated carbocycles. The molecule has 1 aliphatic heterocycles. The summed E-state index contributed by atoms with van der Waals surface area (Å²) in [6.07, 6.45) is 7.77. The number of hydrogen-bond acceptors (Lipinski definition) is 9. The zero-order valence-electron chi connectivity index (χ0n) is 31.6. The van der Waals surface area contributed by atoms with Gasteiger partial charge in [-0.25, -0.2) is 9.78 Å². The number of Topliss-reactive ketones (excluding diaryl/α,β-unsaturated/α-hetero) is 2. The Morgan fingerprint density at radius 3 is 2.25 bits per heavy atom. The molecule has 55 heavy (non-hydrogen) atoms. The maximum atomic E-state index is 14.7. The van der Waals surface area contributed by atoms with Gasteiger partial charge in [-0.05, 0) is 61.4 Å². The Bertz CT molecular complexity index is 1810. The van der Waals surface area contributed by atoms with Gasteiger partial charge in [0.2, 0.25) is 11.7 Å². The third kappa shape index (κ3) is 11.3. The molecule has 292 valence electrons. The molecule has 3 aromatic carbocycles. The summed E-state index contributed by atoms with van der Waals surface area (Å²) < 4.78 is 17.7. The number of nitrogens with two attached hydrogens (primary N) is 1. The second kappa shape index (κ2) is 20.2. The first kappa shape index (κ1) is 39.8. The van der Waals surface area contributed by atoms with Gasteiger partial charge in [0.05, 0.1) is 18.8 Å². The minimum Gasteiger partial charge on any atom is -0.445 e. The minimum absolute atomic E-state index is 0.0313. The van der Waals surface area contributed by atoms with Crippen molar-refractivity contribution in [2.45, 2.75) is 108 Å². The van der Waals surface area contributed by atoms with Crippen LogP contribution in [-0.2, 0) is 32.3 Å². The van der Waals surface area contributed by atoms with E-state index in [1.54, 1.807) is 17.0 Å². The van der Waals surface area contributed by atoms with E-state index in [9.17, 15) is 19.2 Å². The van der Waals surface area contributed by atoms with Gasteiger partial charge in [0, 0.05) is 25.3 Å². The van der Waals surface area contributed by atoms with Crippen molar-refractivity contribution in [1.82, 2.24) is 15.2 Å². The Hall–Kier alpha value is -4.87. The Morgan fingerprint density at radius 1 is 0.855 bits per heavy atom. The van der Waals surface area contributed by atoms with Gasteiger partial charge in [-0.2, -0.15) is 0 Å². The Kier molecular flexibility index (Phi) is 14.6. The predicted molar refractivity (Wildman–Crippen MR) is 209 cm³/mol. The maximum absolute atomic E-state index is 14.7. The number of nitrogens with zero attached hydrogens (tertiary/aromatic N) is 2. The number of para-hydroxylation sites is 2. The normalized spacial score (nSPS) is 18.5. The van der Waals surface area contributed by atoms with Gasteiger partial charge in [-0.3, -0.25) is 14.4 Å². The van der Waals surface area contributed by atoms with Crippen LogP contribution in [-0.4, -0.2) is 64.7 Å². The van der Waals surface area contributed by atoms with E-state index in [2.05, 4.69) is 10.3 Å². The average Bonchev–Trinajstić information content (AvgIpc) is 3.86. The van der Waals surface area contributed by atoms with Crippen LogP contribution in [0.2, 0.25) is 0 Å². The topological polar surface area (TPSA) is 154 Å². The molecule has 0 unspecified atom stereocenters. The molecule has 1 aliphatic carbocycles. The van der Waals surface area contributed by atoms with E-state index >= 15 is 0 Å². The number of oxazole rings is 1. The number of carbonyl (C=O) groups excluding carboxylic acids is 4. The van der Waals surface area contributed by atoms with Crippen LogP contribution in [0.4, 0.5) is 4.79 Å². The number of aromatic nitrogens is 1. The molecule has 6 rings (SSSR count). The van der Waals surface area contributed by atoms with E-state index in [0.717, 1.165) is 43.2 Å². The number of alkyl carbamates (subject to hydrolysis) is 1. The smallest absolute Gasteiger partial charge is 0.408 e. The van der Waals surface area contributed by atoms with Crippen molar-refractivity contribution < 1.29 is 33.1 Å². The van der Waals surface area contributed by atoms with Crippen LogP contribution in [0.15, 0.2) is 89.3 Å². The molecule has 2 aliphatic rings. The molecular formula is C44H54N4O7. The molecule has 2 fully saturated rings. The van der Waals surface area contributed by atoms with Gasteiger partial charge in [0.25, 0.3) is 5.89 Å². The van der Waals surface area contributed by atoms with Crippen molar-refractivity contribution in [2.75, 3.05) is 13.1 Å². The molecule has 2 heterocycles. The van der Waals surface area contributed by atoms with Crippen LogP contribution in [0, 0.1) is 11.8 Å². The minimum atomic E-state index is -0.893. The zero-order valence-corrected chi connectivity index (χ0v) is 31.6. The summed E-state index contributed by atoms with van der Waals surface area (Å²) in [4.78, 5) is 62.3. The van der Waals surface area contributed by atoms with Gasteiger partial charge >= 0.3 is 6.09 Å². The fourth-order valence-electron chi connectivity index (χ4n) is 7.89. The number of unbranched alkanes of at least 4 members (excludes halogenated alkanes) is 1. The van der Waals surface area contributed by atoms with Crippen molar-refractivity contribution in [1.29, 1.82) is 0 Å². The molecule has 4 atom stereocenters. The molecule has 0 spiro atoms. The summed E-state index contributed by atoms with van der Waals surface area (Å²) in [5.41, 5.74) is 8.67. The highest BCUT2D eigenvalue weighted by molar-refractivity contribution is 6.00. The number of likely N-dealkylation sites (tertiary alicyclic amines) is 1. The van der Waals surface area contributed by atoms with E-state index in [-0.39, 0.29) is 49.4 Å². The Morgan fingerprint density at radius 2 is 1.55 bits per heavy atom. The predicted octanol–water partition coefficient (Wildman–Crippen LogP) is 7.56. The Balaban J connectivity index is 1.21. The van der Waals surface area contributed by atoms with Crippen molar-refractivity contribution >= 4 is 34.7 Å². The molecule has 0 bridgehead atoms. The van der Waals surface area contributed by atoms with Gasteiger partial charge in [-0.1, -0.05) is 111 Å². The van der Waals surface area contributed by atoms with Crippen molar-refractivity contribution in [3.05, 3.63) is 102 Å². The maximum Gasteiger partial charge on any atom is 0.408 e. The van der Waals surface area contributed by atoms with Gasteiger partial charge in [0.15, 0.2) is 11.4 Å². The number of hydrogen-bond donors (Lipinski definition) is 2. The summed E-state index contributed by atoms with van der Waals surface area (Å²) in [5, 5.41) is 2.87. The van der Waals surface area contributed by atoms with E-state index in [4.69, 9.17) is 19.6 Å². The quantitative estimate of drug-likeness (QED) is 0.0730. The number of nitrogens with one attached hydrogen (secondary N) is 1. The first-order chi connectivity index (χ1) is 26.9. The van der Waals surface area contributed by atoms with Gasteiger partial charge in [-0.15, -0.1) is 0 Å². The largest absolute Gasteiger partial charge is 0.445 e. The highest BCUT2D eigenvalue weighted by Crippen LogP contribution is 2.31. The van der Waals surface area contributed by atoms with Crippen LogP contribution in [0.3, 0.4) is 0 Å². The van der Waals surface area contributed by atoms with Crippen LogP contribution >= 0.6 is 0 Å². The average molecular weight is 751 g/mol. The van der Waals surface area contributed by atoms with E-state index < -0.39 is 30.2 Å². The number of ether oxygens (including phenoxy) is 2. The van der Waals surface area contributed by atoms with Gasteiger partial charge in [0.1, 0.15) is 18.2 Å². The first-order valence-corrected chi connectivity index (χ1v) is 19.9. The number of fused-ring (bicyclic) bond motifs is 1. The van der Waals surface area contributed by atoms with Crippen LogP contribution < -0.4 is 11.1 Å². The molecule has 4 aromatic rings. The van der Waals surface area contributed by atoms with E-state index in [1.165, 1.54) is 6.42 Å². The lowest BCUT2D eigenvalue weighted by Crippen LogP contribution is -2.52. The third-order valence-electron chi connectivity index (χ3n) is 11.0. The summed E-state index contributed by atoms with van der Waals surface area (Å²) in [6.45, 7) is 1.03. The summed E-state index contributed by atoms with van der Waals surface area (Å²) in [5.74, 6) is -1.20. The fraction of sp³-hybridized carbons (Fsp3) is 0.477. The molecule has 11 nitrogen and oxygen atoms in total. The SMILES string of the molecule is NCCCC[C@H](CC(=O)[C@@H]1C[C@@H](OCc2ccccc2)CN1C(=O)[C@@H](CCC1CCCCC1)NC(=O)OCc1ccccc1)C(=O)c1nc2ccccc2o1. The second-order valence-corrected chi connectivity index (χ2v) is 15.0. The van der Waals surface area contributed by atoms with Crippen LogP contribution in [0.1, 0.15) is 98.9 Å². The first-order valence-electron chi connectivity index (χ1n) is 19.9. The number of amides is 2. The molecule has 1 saturated heterocycles. The molecule has 1 aromatic heterocycles. The molecule has 2 amide bonds. The lowest BCUT2D eigenvalue weighted by molar-refractivity contribution is -0.139. The number of ketones is 2. The lowest BCUT2D eigenvalue weighted by Gasteiger charge is -2.30. The fourth-order valence-corrected chi connectivity index (χ4v) is 7.89. The summed E-state index contributed by atoms with van der Waals surface area (Å²) in [7, 11) is 0. The summed E-state index contributed by atoms with van der Waals surface area (Å²) in [6, 6.07) is 24.5. The van der Waals surface area contributed by atoms with Crippen molar-refractivity contribution in [2.24, 2.45) is 17.6 Å². The highest BCUT2D eigenvalue weighted by atomic mass is 16.5. The molecule has 0 radical (unpaired) electrons.